The Morgan fingerprint density at radius 2 is 1.73 bits per heavy atom. The van der Waals surface area contributed by atoms with E-state index in [0.717, 1.165) is 17.1 Å². The van der Waals surface area contributed by atoms with Crippen LogP contribution in [-0.4, -0.2) is 9.38 Å². The number of thiazole rings is 1. The van der Waals surface area contributed by atoms with Crippen LogP contribution in [-0.2, 0) is 6.42 Å². The smallest absolute Gasteiger partial charge is 0.194 e. The van der Waals surface area contributed by atoms with Gasteiger partial charge in [-0.15, -0.1) is 11.3 Å². The molecule has 0 atom stereocenters. The second-order valence-corrected chi connectivity index (χ2v) is 6.64. The standard InChI is InChI=1S/C19H16N2S/c1-14-7-9-15(10-8-14)11-17-12-21-13-18(20-19(21)22-17)16-5-3-2-4-6-16/h2-10,12-13H,11H2,1H3. The van der Waals surface area contributed by atoms with Gasteiger partial charge < -0.3 is 0 Å². The number of aryl methyl sites for hydroxylation is 1. The van der Waals surface area contributed by atoms with Gasteiger partial charge in [0.2, 0.25) is 0 Å². The van der Waals surface area contributed by atoms with E-state index < -0.39 is 0 Å². The summed E-state index contributed by atoms with van der Waals surface area (Å²) in [6.07, 6.45) is 5.27. The molecule has 3 heteroatoms. The van der Waals surface area contributed by atoms with Gasteiger partial charge in [-0.3, -0.25) is 4.40 Å². The summed E-state index contributed by atoms with van der Waals surface area (Å²) in [6.45, 7) is 2.12. The van der Waals surface area contributed by atoms with Crippen molar-refractivity contribution in [3.63, 3.8) is 0 Å². The quantitative estimate of drug-likeness (QED) is 0.523. The van der Waals surface area contributed by atoms with Gasteiger partial charge in [0.15, 0.2) is 4.96 Å². The minimum atomic E-state index is 0.967. The average molecular weight is 304 g/mol. The Morgan fingerprint density at radius 1 is 0.955 bits per heavy atom. The van der Waals surface area contributed by atoms with E-state index in [1.807, 2.05) is 18.2 Å². The summed E-state index contributed by atoms with van der Waals surface area (Å²) in [7, 11) is 0. The molecule has 2 aromatic heterocycles. The Morgan fingerprint density at radius 3 is 2.45 bits per heavy atom. The van der Waals surface area contributed by atoms with E-state index in [0.29, 0.717) is 0 Å². The third-order valence-electron chi connectivity index (χ3n) is 3.77. The zero-order valence-electron chi connectivity index (χ0n) is 12.4. The van der Waals surface area contributed by atoms with Crippen molar-refractivity contribution in [2.45, 2.75) is 13.3 Å². The number of fused-ring (bicyclic) bond motifs is 1. The van der Waals surface area contributed by atoms with E-state index in [-0.39, 0.29) is 0 Å². The van der Waals surface area contributed by atoms with E-state index in [1.54, 1.807) is 11.3 Å². The van der Waals surface area contributed by atoms with Crippen molar-refractivity contribution in [1.29, 1.82) is 0 Å². The Hall–Kier alpha value is -2.39. The van der Waals surface area contributed by atoms with Crippen molar-refractivity contribution in [2.24, 2.45) is 0 Å². The molecule has 0 radical (unpaired) electrons. The molecule has 4 rings (SSSR count). The number of nitrogens with zero attached hydrogens (tertiary/aromatic N) is 2. The van der Waals surface area contributed by atoms with Crippen LogP contribution in [0.15, 0.2) is 67.0 Å². The maximum Gasteiger partial charge on any atom is 0.194 e. The molecule has 0 unspecified atom stereocenters. The van der Waals surface area contributed by atoms with E-state index in [9.17, 15) is 0 Å². The van der Waals surface area contributed by atoms with Crippen molar-refractivity contribution < 1.29 is 0 Å². The summed E-state index contributed by atoms with van der Waals surface area (Å²) in [6, 6.07) is 19.1. The van der Waals surface area contributed by atoms with Crippen molar-refractivity contribution in [1.82, 2.24) is 9.38 Å². The Balaban J connectivity index is 1.62. The fourth-order valence-corrected chi connectivity index (χ4v) is 3.57. The lowest BCUT2D eigenvalue weighted by Crippen LogP contribution is -1.85. The molecule has 22 heavy (non-hydrogen) atoms. The molecule has 0 spiro atoms. The number of imidazole rings is 1. The van der Waals surface area contributed by atoms with Gasteiger partial charge in [-0.25, -0.2) is 4.98 Å². The number of aromatic nitrogens is 2. The highest BCUT2D eigenvalue weighted by atomic mass is 32.1. The van der Waals surface area contributed by atoms with Gasteiger partial charge >= 0.3 is 0 Å². The first-order valence-corrected chi connectivity index (χ1v) is 8.18. The van der Waals surface area contributed by atoms with Crippen LogP contribution in [0.1, 0.15) is 16.0 Å². The maximum absolute atomic E-state index is 4.74. The highest BCUT2D eigenvalue weighted by molar-refractivity contribution is 7.17. The van der Waals surface area contributed by atoms with Crippen LogP contribution in [0.2, 0.25) is 0 Å². The second kappa shape index (κ2) is 5.43. The molecule has 2 nitrogen and oxygen atoms in total. The molecular weight excluding hydrogens is 288 g/mol. The molecule has 0 saturated heterocycles. The van der Waals surface area contributed by atoms with Crippen LogP contribution >= 0.6 is 11.3 Å². The van der Waals surface area contributed by atoms with Crippen molar-refractivity contribution in [3.8, 4) is 11.3 Å². The predicted molar refractivity (Wildman–Crippen MR) is 92.5 cm³/mol. The first-order valence-electron chi connectivity index (χ1n) is 7.36. The van der Waals surface area contributed by atoms with Gasteiger partial charge in [-0.2, -0.15) is 0 Å². The number of hydrogen-bond acceptors (Lipinski definition) is 2. The first-order chi connectivity index (χ1) is 10.8. The summed E-state index contributed by atoms with van der Waals surface area (Å²) in [5.41, 5.74) is 4.85. The van der Waals surface area contributed by atoms with E-state index in [2.05, 4.69) is 60.1 Å². The van der Waals surface area contributed by atoms with Crippen molar-refractivity contribution in [2.75, 3.05) is 0 Å². The Kier molecular flexibility index (Phi) is 3.28. The van der Waals surface area contributed by atoms with Crippen LogP contribution in [0.4, 0.5) is 0 Å². The molecule has 0 saturated carbocycles. The van der Waals surface area contributed by atoms with Gasteiger partial charge in [0.25, 0.3) is 0 Å². The highest BCUT2D eigenvalue weighted by Crippen LogP contribution is 2.25. The van der Waals surface area contributed by atoms with Crippen molar-refractivity contribution >= 4 is 16.3 Å². The fraction of sp³-hybridized carbons (Fsp3) is 0.105. The minimum Gasteiger partial charge on any atom is -0.297 e. The number of benzene rings is 2. The summed E-state index contributed by atoms with van der Waals surface area (Å²) in [5.74, 6) is 0. The lowest BCUT2D eigenvalue weighted by Gasteiger charge is -1.99. The largest absolute Gasteiger partial charge is 0.297 e. The lowest BCUT2D eigenvalue weighted by molar-refractivity contribution is 1.16. The molecule has 0 aliphatic heterocycles. The molecular formula is C19H16N2S. The zero-order chi connectivity index (χ0) is 14.9. The van der Waals surface area contributed by atoms with Crippen LogP contribution in [0, 0.1) is 6.92 Å². The molecule has 108 valence electrons. The normalized spacial score (nSPS) is 11.1. The fourth-order valence-electron chi connectivity index (χ4n) is 2.58. The first kappa shape index (κ1) is 13.3. The molecule has 0 bridgehead atoms. The molecule has 0 fully saturated rings. The zero-order valence-corrected chi connectivity index (χ0v) is 13.2. The Bertz CT molecular complexity index is 870. The monoisotopic (exact) mass is 304 g/mol. The molecule has 0 aliphatic carbocycles. The molecule has 0 aliphatic rings. The summed E-state index contributed by atoms with van der Waals surface area (Å²) in [4.78, 5) is 7.14. The molecule has 0 amide bonds. The summed E-state index contributed by atoms with van der Waals surface area (Å²) in [5, 5.41) is 0. The number of rotatable bonds is 3. The molecule has 0 N–H and O–H groups in total. The summed E-state index contributed by atoms with van der Waals surface area (Å²) < 4.78 is 2.14. The lowest BCUT2D eigenvalue weighted by atomic mass is 10.1. The molecule has 2 aromatic carbocycles. The van der Waals surface area contributed by atoms with Crippen LogP contribution in [0.3, 0.4) is 0 Å². The SMILES string of the molecule is Cc1ccc(Cc2cn3cc(-c4ccccc4)nc3s2)cc1. The van der Waals surface area contributed by atoms with Gasteiger partial charge in [0, 0.05) is 29.3 Å². The van der Waals surface area contributed by atoms with Crippen LogP contribution < -0.4 is 0 Å². The molecule has 4 aromatic rings. The number of hydrogen-bond donors (Lipinski definition) is 0. The van der Waals surface area contributed by atoms with Gasteiger partial charge in [0.1, 0.15) is 0 Å². The van der Waals surface area contributed by atoms with Gasteiger partial charge in [-0.05, 0) is 12.5 Å². The summed E-state index contributed by atoms with van der Waals surface area (Å²) >= 11 is 1.76. The molecule has 2 heterocycles. The Labute approximate surface area is 133 Å². The van der Waals surface area contributed by atoms with E-state index in [4.69, 9.17) is 4.98 Å². The predicted octanol–water partition coefficient (Wildman–Crippen LogP) is 4.96. The van der Waals surface area contributed by atoms with Crippen LogP contribution in [0.25, 0.3) is 16.2 Å². The highest BCUT2D eigenvalue weighted by Gasteiger charge is 2.08. The van der Waals surface area contributed by atoms with E-state index >= 15 is 0 Å². The van der Waals surface area contributed by atoms with Gasteiger partial charge in [-0.1, -0.05) is 60.2 Å². The second-order valence-electron chi connectivity index (χ2n) is 5.54. The van der Waals surface area contributed by atoms with Crippen molar-refractivity contribution in [3.05, 3.63) is 83.0 Å². The van der Waals surface area contributed by atoms with Crippen LogP contribution in [0.5, 0.6) is 0 Å². The topological polar surface area (TPSA) is 17.3 Å². The minimum absolute atomic E-state index is 0.967. The van der Waals surface area contributed by atoms with E-state index in [1.165, 1.54) is 21.6 Å². The van der Waals surface area contributed by atoms with Gasteiger partial charge in [0.05, 0.1) is 5.69 Å². The maximum atomic E-state index is 4.74. The third kappa shape index (κ3) is 2.55. The third-order valence-corrected chi connectivity index (χ3v) is 4.77. The average Bonchev–Trinajstić information content (AvgIpc) is 3.09.